The molecule has 0 radical (unpaired) electrons. The number of carbonyl (C=O) groups is 1. The van der Waals surface area contributed by atoms with Gasteiger partial charge in [0.1, 0.15) is 6.61 Å². The monoisotopic (exact) mass is 456 g/mol. The molecule has 0 fully saturated rings. The molecule has 10 heteroatoms. The molecule has 5 nitrogen and oxygen atoms in total. The van der Waals surface area contributed by atoms with Crippen molar-refractivity contribution >= 4 is 46.3 Å². The third-order valence-electron chi connectivity index (χ3n) is 3.71. The second kappa shape index (κ2) is 9.91. The van der Waals surface area contributed by atoms with Crippen LogP contribution in [-0.2, 0) is 6.61 Å². The van der Waals surface area contributed by atoms with Crippen LogP contribution in [0.25, 0.3) is 0 Å². The molecule has 0 bridgehead atoms. The van der Waals surface area contributed by atoms with E-state index >= 15 is 0 Å². The summed E-state index contributed by atoms with van der Waals surface area (Å²) >= 11 is 7.74. The predicted molar refractivity (Wildman–Crippen MR) is 111 cm³/mol. The highest BCUT2D eigenvalue weighted by molar-refractivity contribution is 7.99. The van der Waals surface area contributed by atoms with Gasteiger partial charge in [-0.1, -0.05) is 29.4 Å². The number of carbonyl (C=O) groups excluding carboxylic acids is 1. The van der Waals surface area contributed by atoms with Crippen LogP contribution in [0.4, 0.5) is 14.5 Å². The molecule has 152 valence electrons. The fourth-order valence-corrected chi connectivity index (χ4v) is 3.86. The fourth-order valence-electron chi connectivity index (χ4n) is 2.40. The molecular formula is C19H15ClF2N2O3S2. The fraction of sp³-hybridized carbons (Fsp3) is 0.158. The molecule has 29 heavy (non-hydrogen) atoms. The van der Waals surface area contributed by atoms with Gasteiger partial charge in [-0.3, -0.25) is 4.79 Å². The van der Waals surface area contributed by atoms with Crippen LogP contribution in [-0.4, -0.2) is 23.8 Å². The van der Waals surface area contributed by atoms with E-state index in [0.29, 0.717) is 11.5 Å². The Bertz CT molecular complexity index is 988. The summed E-state index contributed by atoms with van der Waals surface area (Å²) in [5.74, 6) is -2.34. The number of methoxy groups -OCH3 is 1. The van der Waals surface area contributed by atoms with E-state index in [1.165, 1.54) is 36.6 Å². The molecule has 1 aromatic heterocycles. The average Bonchev–Trinajstić information content (AvgIpc) is 3.22. The lowest BCUT2D eigenvalue weighted by molar-refractivity contribution is 0.102. The highest BCUT2D eigenvalue weighted by Crippen LogP contribution is 2.38. The SMILES string of the molecule is COc1cc(C(=O)Nc2cccc(Cl)c2SC(F)F)ccc1OCc1cscn1. The normalized spacial score (nSPS) is 10.8. The van der Waals surface area contributed by atoms with Crippen molar-refractivity contribution in [3.8, 4) is 11.5 Å². The maximum absolute atomic E-state index is 12.8. The van der Waals surface area contributed by atoms with Crippen LogP contribution >= 0.6 is 34.7 Å². The molecule has 2 aromatic carbocycles. The zero-order valence-electron chi connectivity index (χ0n) is 15.0. The molecule has 0 aliphatic carbocycles. The maximum Gasteiger partial charge on any atom is 0.289 e. The number of benzene rings is 2. The Morgan fingerprint density at radius 3 is 2.83 bits per heavy atom. The molecule has 1 heterocycles. The number of thioether (sulfide) groups is 1. The van der Waals surface area contributed by atoms with E-state index in [0.717, 1.165) is 5.69 Å². The quantitative estimate of drug-likeness (QED) is 0.424. The van der Waals surface area contributed by atoms with Crippen LogP contribution < -0.4 is 14.8 Å². The number of hydrogen-bond acceptors (Lipinski definition) is 6. The Morgan fingerprint density at radius 1 is 1.31 bits per heavy atom. The Kier molecular flexibility index (Phi) is 7.29. The van der Waals surface area contributed by atoms with Crippen LogP contribution in [0, 0.1) is 0 Å². The standard InChI is InChI=1S/C19H15ClF2N2O3S2/c1-26-16-7-11(5-6-15(16)27-8-12-9-28-10-23-12)18(25)24-14-4-2-3-13(20)17(14)29-19(21)22/h2-7,9-10,19H,8H2,1H3,(H,24,25). The average molecular weight is 457 g/mol. The van der Waals surface area contributed by atoms with Crippen molar-refractivity contribution in [3.05, 3.63) is 63.6 Å². The van der Waals surface area contributed by atoms with Crippen LogP contribution in [0.5, 0.6) is 11.5 Å². The van der Waals surface area contributed by atoms with Crippen LogP contribution in [0.2, 0.25) is 5.02 Å². The molecule has 1 N–H and O–H groups in total. The summed E-state index contributed by atoms with van der Waals surface area (Å²) in [6.07, 6.45) is 0. The van der Waals surface area contributed by atoms with E-state index in [-0.39, 0.29) is 39.5 Å². The van der Waals surface area contributed by atoms with Gasteiger partial charge in [-0.25, -0.2) is 4.98 Å². The summed E-state index contributed by atoms with van der Waals surface area (Å²) in [6, 6.07) is 9.24. The van der Waals surface area contributed by atoms with Crippen LogP contribution in [0.3, 0.4) is 0 Å². The van der Waals surface area contributed by atoms with Gasteiger partial charge in [-0.15, -0.1) is 11.3 Å². The zero-order valence-corrected chi connectivity index (χ0v) is 17.4. The van der Waals surface area contributed by atoms with E-state index in [1.807, 2.05) is 5.38 Å². The Labute approximate surface area is 179 Å². The lowest BCUT2D eigenvalue weighted by Crippen LogP contribution is -2.13. The van der Waals surface area contributed by atoms with Gasteiger partial charge in [0.15, 0.2) is 11.5 Å². The number of amides is 1. The van der Waals surface area contributed by atoms with Crippen molar-refractivity contribution in [2.24, 2.45) is 0 Å². The Balaban J connectivity index is 1.77. The molecule has 0 aliphatic rings. The largest absolute Gasteiger partial charge is 0.493 e. The van der Waals surface area contributed by atoms with Gasteiger partial charge in [0.2, 0.25) is 0 Å². The Hall–Kier alpha value is -2.36. The number of nitrogens with one attached hydrogen (secondary N) is 1. The first-order valence-electron chi connectivity index (χ1n) is 8.20. The van der Waals surface area contributed by atoms with Crippen molar-refractivity contribution in [2.45, 2.75) is 17.3 Å². The number of ether oxygens (including phenoxy) is 2. The summed E-state index contributed by atoms with van der Waals surface area (Å²) < 4.78 is 36.6. The number of anilines is 1. The van der Waals surface area contributed by atoms with E-state index < -0.39 is 11.7 Å². The smallest absolute Gasteiger partial charge is 0.289 e. The lowest BCUT2D eigenvalue weighted by Gasteiger charge is -2.14. The zero-order chi connectivity index (χ0) is 20.8. The Morgan fingerprint density at radius 2 is 2.14 bits per heavy atom. The third kappa shape index (κ3) is 5.59. The maximum atomic E-state index is 12.8. The molecular weight excluding hydrogens is 442 g/mol. The first-order valence-corrected chi connectivity index (χ1v) is 10.4. The van der Waals surface area contributed by atoms with Crippen molar-refractivity contribution in [2.75, 3.05) is 12.4 Å². The second-order valence-corrected chi connectivity index (χ2v) is 7.71. The van der Waals surface area contributed by atoms with E-state index in [2.05, 4.69) is 10.3 Å². The van der Waals surface area contributed by atoms with Gasteiger partial charge in [0, 0.05) is 10.9 Å². The third-order valence-corrected chi connectivity index (χ3v) is 5.62. The van der Waals surface area contributed by atoms with Gasteiger partial charge >= 0.3 is 0 Å². The van der Waals surface area contributed by atoms with Gasteiger partial charge in [-0.05, 0) is 30.3 Å². The topological polar surface area (TPSA) is 60.5 Å². The molecule has 0 unspecified atom stereocenters. The molecule has 0 saturated heterocycles. The predicted octanol–water partition coefficient (Wildman–Crippen LogP) is 5.95. The summed E-state index contributed by atoms with van der Waals surface area (Å²) in [4.78, 5) is 16.9. The minimum Gasteiger partial charge on any atom is -0.493 e. The molecule has 3 aromatic rings. The van der Waals surface area contributed by atoms with Crippen molar-refractivity contribution < 1.29 is 23.0 Å². The van der Waals surface area contributed by atoms with E-state index in [1.54, 1.807) is 23.7 Å². The number of nitrogens with zero attached hydrogens (tertiary/aromatic N) is 1. The number of halogens is 3. The minimum atomic E-state index is -2.67. The molecule has 0 atom stereocenters. The highest BCUT2D eigenvalue weighted by atomic mass is 35.5. The minimum absolute atomic E-state index is 0.104. The molecule has 0 saturated carbocycles. The molecule has 3 rings (SSSR count). The van der Waals surface area contributed by atoms with E-state index in [4.69, 9.17) is 21.1 Å². The first-order chi connectivity index (χ1) is 14.0. The molecule has 0 aliphatic heterocycles. The number of thiazole rings is 1. The van der Waals surface area contributed by atoms with Gasteiger partial charge in [-0.2, -0.15) is 8.78 Å². The van der Waals surface area contributed by atoms with Crippen LogP contribution in [0.15, 0.2) is 52.2 Å². The molecule has 0 spiro atoms. The number of aromatic nitrogens is 1. The van der Waals surface area contributed by atoms with Crippen LogP contribution in [0.1, 0.15) is 16.1 Å². The van der Waals surface area contributed by atoms with E-state index in [9.17, 15) is 13.6 Å². The van der Waals surface area contributed by atoms with Crippen molar-refractivity contribution in [3.63, 3.8) is 0 Å². The summed E-state index contributed by atoms with van der Waals surface area (Å²) in [5, 5.41) is 4.62. The summed E-state index contributed by atoms with van der Waals surface area (Å²) in [7, 11) is 1.46. The van der Waals surface area contributed by atoms with Crippen molar-refractivity contribution in [1.82, 2.24) is 4.98 Å². The number of hydrogen-bond donors (Lipinski definition) is 1. The van der Waals surface area contributed by atoms with Gasteiger partial charge in [0.05, 0.1) is 33.9 Å². The van der Waals surface area contributed by atoms with Gasteiger partial charge in [0.25, 0.3) is 11.7 Å². The first kappa shape index (κ1) is 21.4. The van der Waals surface area contributed by atoms with Crippen molar-refractivity contribution in [1.29, 1.82) is 0 Å². The summed E-state index contributed by atoms with van der Waals surface area (Å²) in [5.41, 5.74) is 2.97. The second-order valence-electron chi connectivity index (χ2n) is 5.58. The number of alkyl halides is 2. The van der Waals surface area contributed by atoms with Gasteiger partial charge < -0.3 is 14.8 Å². The lowest BCUT2D eigenvalue weighted by atomic mass is 10.2. The summed E-state index contributed by atoms with van der Waals surface area (Å²) in [6.45, 7) is 0.266. The molecule has 1 amide bonds. The highest BCUT2D eigenvalue weighted by Gasteiger charge is 2.17. The number of rotatable bonds is 8.